The molecule has 1 aromatic heterocycles. The summed E-state index contributed by atoms with van der Waals surface area (Å²) in [5.41, 5.74) is 0.308. The molecule has 6 nitrogen and oxygen atoms in total. The molecular weight excluding hydrogens is 363 g/mol. The molecule has 2 amide bonds. The number of hydrogen-bond acceptors (Lipinski definition) is 4. The Kier molecular flexibility index (Phi) is 6.21. The Morgan fingerprint density at radius 3 is 2.52 bits per heavy atom. The van der Waals surface area contributed by atoms with E-state index in [1.165, 1.54) is 0 Å². The number of oxazole rings is 1. The number of rotatable bonds is 5. The van der Waals surface area contributed by atoms with E-state index in [0.717, 1.165) is 11.3 Å². The largest absolute Gasteiger partial charge is 0.438 e. The van der Waals surface area contributed by atoms with E-state index in [-0.39, 0.29) is 24.1 Å². The van der Waals surface area contributed by atoms with Crippen LogP contribution in [-0.4, -0.2) is 47.0 Å². The van der Waals surface area contributed by atoms with Gasteiger partial charge in [-0.05, 0) is 18.3 Å². The monoisotopic (exact) mass is 389 g/mol. The third-order valence-corrected chi connectivity index (χ3v) is 4.65. The van der Waals surface area contributed by atoms with Gasteiger partial charge in [-0.25, -0.2) is 4.98 Å². The highest BCUT2D eigenvalue weighted by molar-refractivity contribution is 5.92. The van der Waals surface area contributed by atoms with Crippen LogP contribution in [0.5, 0.6) is 0 Å². The molecule has 27 heavy (non-hydrogen) atoms. The topological polar surface area (TPSA) is 75.4 Å². The van der Waals surface area contributed by atoms with Crippen LogP contribution in [0.3, 0.4) is 0 Å². The number of hydrogen-bond donors (Lipinski definition) is 1. The number of aromatic nitrogens is 1. The number of carbonyl (C=O) groups excluding carboxylic acids is 2. The molecule has 1 saturated heterocycles. The van der Waals surface area contributed by atoms with Crippen molar-refractivity contribution in [3.05, 3.63) is 17.8 Å². The van der Waals surface area contributed by atoms with Gasteiger partial charge in [0.25, 0.3) is 5.91 Å². The number of likely N-dealkylation sites (tertiary alicyclic amines) is 1. The second kappa shape index (κ2) is 7.90. The lowest BCUT2D eigenvalue weighted by molar-refractivity contribution is -0.175. The number of amides is 2. The van der Waals surface area contributed by atoms with Gasteiger partial charge in [0.2, 0.25) is 11.7 Å². The SMILES string of the molecule is CCc1ncoc1C(=O)N1C[C@@H](C(F)(F)F)[C@H](NC(=O)CCC(C)(C)C)C1. The predicted octanol–water partition coefficient (Wildman–Crippen LogP) is 3.18. The summed E-state index contributed by atoms with van der Waals surface area (Å²) in [6, 6.07) is -1.17. The van der Waals surface area contributed by atoms with Gasteiger partial charge in [-0.1, -0.05) is 27.7 Å². The molecule has 0 radical (unpaired) electrons. The average Bonchev–Trinajstić information content (AvgIpc) is 3.17. The minimum atomic E-state index is -4.52. The molecule has 1 fully saturated rings. The van der Waals surface area contributed by atoms with Crippen molar-refractivity contribution < 1.29 is 27.2 Å². The fraction of sp³-hybridized carbons (Fsp3) is 0.722. The molecule has 2 rings (SSSR count). The summed E-state index contributed by atoms with van der Waals surface area (Å²) in [6.45, 7) is 6.91. The van der Waals surface area contributed by atoms with Gasteiger partial charge in [0.1, 0.15) is 0 Å². The molecule has 0 saturated carbocycles. The van der Waals surface area contributed by atoms with Gasteiger partial charge in [-0.2, -0.15) is 13.2 Å². The molecule has 1 aromatic rings. The Morgan fingerprint density at radius 2 is 1.96 bits per heavy atom. The van der Waals surface area contributed by atoms with Gasteiger partial charge in [0.15, 0.2) is 6.39 Å². The molecule has 2 atom stereocenters. The number of alkyl halides is 3. The Bertz CT molecular complexity index is 679. The van der Waals surface area contributed by atoms with Gasteiger partial charge in [0.05, 0.1) is 17.7 Å². The fourth-order valence-corrected chi connectivity index (χ4v) is 3.05. The summed E-state index contributed by atoms with van der Waals surface area (Å²) in [5, 5.41) is 2.47. The van der Waals surface area contributed by atoms with Crippen molar-refractivity contribution in [1.82, 2.24) is 15.2 Å². The second-order valence-electron chi connectivity index (χ2n) is 8.07. The standard InChI is InChI=1S/C18H26F3N3O3/c1-5-12-15(27-10-22-12)16(26)24-8-11(18(19,20)21)13(9-24)23-14(25)6-7-17(2,3)4/h10-11,13H,5-9H2,1-4H3,(H,23,25)/t11-,13-/m1/s1. The van der Waals surface area contributed by atoms with E-state index in [2.05, 4.69) is 10.3 Å². The van der Waals surface area contributed by atoms with E-state index >= 15 is 0 Å². The fourth-order valence-electron chi connectivity index (χ4n) is 3.05. The molecule has 0 spiro atoms. The van der Waals surface area contributed by atoms with Crippen LogP contribution in [0.25, 0.3) is 0 Å². The summed E-state index contributed by atoms with van der Waals surface area (Å²) in [5.74, 6) is -2.93. The molecule has 1 N–H and O–H groups in total. The molecule has 1 aliphatic rings. The van der Waals surface area contributed by atoms with Crippen molar-refractivity contribution in [2.75, 3.05) is 13.1 Å². The lowest BCUT2D eigenvalue weighted by atomic mass is 9.90. The molecule has 0 bridgehead atoms. The minimum Gasteiger partial charge on any atom is -0.438 e. The first-order valence-corrected chi connectivity index (χ1v) is 9.00. The molecule has 152 valence electrons. The van der Waals surface area contributed by atoms with Crippen molar-refractivity contribution in [1.29, 1.82) is 0 Å². The maximum Gasteiger partial charge on any atom is 0.395 e. The molecule has 2 heterocycles. The molecular formula is C18H26F3N3O3. The van der Waals surface area contributed by atoms with Crippen molar-refractivity contribution in [3.63, 3.8) is 0 Å². The van der Waals surface area contributed by atoms with Crippen LogP contribution < -0.4 is 5.32 Å². The van der Waals surface area contributed by atoms with Crippen LogP contribution >= 0.6 is 0 Å². The second-order valence-corrected chi connectivity index (χ2v) is 8.07. The summed E-state index contributed by atoms with van der Waals surface area (Å²) in [6.07, 6.45) is -2.29. The van der Waals surface area contributed by atoms with Crippen molar-refractivity contribution in [3.8, 4) is 0 Å². The maximum atomic E-state index is 13.4. The first kappa shape index (κ1) is 21.2. The number of nitrogens with zero attached hydrogens (tertiary/aromatic N) is 2. The van der Waals surface area contributed by atoms with Crippen LogP contribution in [0.15, 0.2) is 10.8 Å². The number of aryl methyl sites for hydroxylation is 1. The molecule has 1 aliphatic heterocycles. The van der Waals surface area contributed by atoms with E-state index in [1.807, 2.05) is 20.8 Å². The lowest BCUT2D eigenvalue weighted by Crippen LogP contribution is -2.45. The van der Waals surface area contributed by atoms with Crippen molar-refractivity contribution >= 4 is 11.8 Å². The number of carbonyl (C=O) groups is 2. The Labute approximate surface area is 156 Å². The zero-order chi connectivity index (χ0) is 20.4. The van der Waals surface area contributed by atoms with Crippen LogP contribution in [0.4, 0.5) is 13.2 Å². The van der Waals surface area contributed by atoms with E-state index in [9.17, 15) is 22.8 Å². The first-order valence-electron chi connectivity index (χ1n) is 9.00. The van der Waals surface area contributed by atoms with Gasteiger partial charge in [-0.15, -0.1) is 0 Å². The van der Waals surface area contributed by atoms with Gasteiger partial charge in [-0.3, -0.25) is 9.59 Å². The van der Waals surface area contributed by atoms with Gasteiger partial charge < -0.3 is 14.6 Å². The van der Waals surface area contributed by atoms with E-state index in [0.29, 0.717) is 18.5 Å². The quantitative estimate of drug-likeness (QED) is 0.839. The predicted molar refractivity (Wildman–Crippen MR) is 91.9 cm³/mol. The highest BCUT2D eigenvalue weighted by Crippen LogP contribution is 2.35. The zero-order valence-electron chi connectivity index (χ0n) is 16.0. The van der Waals surface area contributed by atoms with Crippen LogP contribution in [-0.2, 0) is 11.2 Å². The Balaban J connectivity index is 2.10. The summed E-state index contributed by atoms with van der Waals surface area (Å²) < 4.78 is 45.4. The average molecular weight is 389 g/mol. The van der Waals surface area contributed by atoms with E-state index < -0.39 is 36.5 Å². The lowest BCUT2D eigenvalue weighted by Gasteiger charge is -2.23. The van der Waals surface area contributed by atoms with Crippen LogP contribution in [0.2, 0.25) is 0 Å². The van der Waals surface area contributed by atoms with Gasteiger partial charge >= 0.3 is 6.18 Å². The number of halogens is 3. The summed E-state index contributed by atoms with van der Waals surface area (Å²) in [4.78, 5) is 29.7. The van der Waals surface area contributed by atoms with E-state index in [1.54, 1.807) is 6.92 Å². The van der Waals surface area contributed by atoms with Gasteiger partial charge in [0, 0.05) is 19.5 Å². The smallest absolute Gasteiger partial charge is 0.395 e. The molecule has 0 aliphatic carbocycles. The Hall–Kier alpha value is -2.06. The summed E-state index contributed by atoms with van der Waals surface area (Å²) >= 11 is 0. The third-order valence-electron chi connectivity index (χ3n) is 4.65. The van der Waals surface area contributed by atoms with E-state index in [4.69, 9.17) is 4.42 Å². The Morgan fingerprint density at radius 1 is 1.30 bits per heavy atom. The highest BCUT2D eigenvalue weighted by Gasteiger charge is 2.51. The molecule has 9 heteroatoms. The van der Waals surface area contributed by atoms with Crippen LogP contribution in [0, 0.1) is 11.3 Å². The minimum absolute atomic E-state index is 0.0434. The third kappa shape index (κ3) is 5.46. The number of nitrogens with one attached hydrogen (secondary N) is 1. The highest BCUT2D eigenvalue weighted by atomic mass is 19.4. The maximum absolute atomic E-state index is 13.4. The van der Waals surface area contributed by atoms with Crippen LogP contribution in [0.1, 0.15) is 56.8 Å². The first-order chi connectivity index (χ1) is 12.4. The van der Waals surface area contributed by atoms with Crippen molar-refractivity contribution in [2.24, 2.45) is 11.3 Å². The summed E-state index contributed by atoms with van der Waals surface area (Å²) in [7, 11) is 0. The van der Waals surface area contributed by atoms with Crippen molar-refractivity contribution in [2.45, 2.75) is 59.2 Å². The molecule has 0 aromatic carbocycles. The normalized spacial score (nSPS) is 20.8. The zero-order valence-corrected chi connectivity index (χ0v) is 16.0. The molecule has 0 unspecified atom stereocenters.